The lowest BCUT2D eigenvalue weighted by atomic mass is 10.1. The Morgan fingerprint density at radius 1 is 1.19 bits per heavy atom. The number of hydrogen-bond donors (Lipinski definition) is 2. The lowest BCUT2D eigenvalue weighted by Gasteiger charge is -2.20. The lowest BCUT2D eigenvalue weighted by molar-refractivity contribution is -0.119. The van der Waals surface area contributed by atoms with Gasteiger partial charge in [0.2, 0.25) is 0 Å². The predicted octanol–water partition coefficient (Wildman–Crippen LogP) is 2.65. The number of rotatable bonds is 6. The first-order chi connectivity index (χ1) is 12.9. The molecular formula is C19H20N4O4. The van der Waals surface area contributed by atoms with Crippen LogP contribution in [0.3, 0.4) is 0 Å². The zero-order valence-corrected chi connectivity index (χ0v) is 15.3. The van der Waals surface area contributed by atoms with Crippen molar-refractivity contribution in [2.24, 2.45) is 5.73 Å². The summed E-state index contributed by atoms with van der Waals surface area (Å²) in [6, 6.07) is 10.5. The largest absolute Gasteiger partial charge is 0.493 e. The zero-order chi connectivity index (χ0) is 19.6. The van der Waals surface area contributed by atoms with Gasteiger partial charge in [-0.05, 0) is 37.6 Å². The second-order valence-corrected chi connectivity index (χ2v) is 5.97. The Balaban J connectivity index is 2.08. The molecule has 0 fully saturated rings. The van der Waals surface area contributed by atoms with Crippen molar-refractivity contribution < 1.29 is 19.5 Å². The number of nitrogens with zero attached hydrogens (tertiary/aromatic N) is 3. The van der Waals surface area contributed by atoms with Crippen molar-refractivity contribution in [1.29, 1.82) is 0 Å². The molecule has 0 radical (unpaired) electrons. The van der Waals surface area contributed by atoms with Crippen molar-refractivity contribution in [3.8, 4) is 11.5 Å². The molecule has 1 heterocycles. The van der Waals surface area contributed by atoms with Crippen LogP contribution in [0, 0.1) is 13.8 Å². The van der Waals surface area contributed by atoms with Gasteiger partial charge in [-0.15, -0.1) is 0 Å². The quantitative estimate of drug-likeness (QED) is 0.643. The van der Waals surface area contributed by atoms with Gasteiger partial charge in [-0.1, -0.05) is 12.1 Å². The van der Waals surface area contributed by atoms with Gasteiger partial charge in [-0.2, -0.15) is 0 Å². The first-order valence-electron chi connectivity index (χ1n) is 8.23. The van der Waals surface area contributed by atoms with Gasteiger partial charge in [-0.3, -0.25) is 10.0 Å². The fraction of sp³-hybridized carbons (Fsp3) is 0.211. The van der Waals surface area contributed by atoms with E-state index in [1.165, 1.54) is 7.11 Å². The highest BCUT2D eigenvalue weighted by Crippen LogP contribution is 2.36. The van der Waals surface area contributed by atoms with Gasteiger partial charge in [0.25, 0.3) is 5.91 Å². The Hall–Kier alpha value is -3.39. The van der Waals surface area contributed by atoms with Crippen LogP contribution in [0.5, 0.6) is 11.5 Å². The molecule has 0 spiro atoms. The number of primary amides is 1. The van der Waals surface area contributed by atoms with E-state index in [-0.39, 0.29) is 12.4 Å². The van der Waals surface area contributed by atoms with E-state index in [2.05, 4.69) is 9.97 Å². The monoisotopic (exact) mass is 368 g/mol. The fourth-order valence-electron chi connectivity index (χ4n) is 2.78. The number of aryl methyl sites for hydroxylation is 2. The molecule has 1 amide bonds. The molecule has 3 rings (SSSR count). The Morgan fingerprint density at radius 3 is 2.67 bits per heavy atom. The van der Waals surface area contributed by atoms with Gasteiger partial charge in [0, 0.05) is 11.5 Å². The van der Waals surface area contributed by atoms with Crippen molar-refractivity contribution in [1.82, 2.24) is 9.97 Å². The minimum atomic E-state index is -0.614. The Morgan fingerprint density at radius 2 is 1.96 bits per heavy atom. The van der Waals surface area contributed by atoms with Gasteiger partial charge in [0.1, 0.15) is 5.82 Å². The summed E-state index contributed by atoms with van der Waals surface area (Å²) in [5, 5.41) is 12.6. The SMILES string of the molecule is COc1ccc(N(O)c2nc(C)nc3cccc(C)c23)cc1OCC(N)=O. The summed E-state index contributed by atoms with van der Waals surface area (Å²) in [6.45, 7) is 3.38. The molecule has 1 aromatic heterocycles. The van der Waals surface area contributed by atoms with Crippen LogP contribution in [0.25, 0.3) is 10.9 Å². The number of anilines is 2. The second kappa shape index (κ2) is 7.46. The third kappa shape index (κ3) is 3.75. The van der Waals surface area contributed by atoms with E-state index in [0.717, 1.165) is 21.5 Å². The maximum absolute atomic E-state index is 11.0. The number of nitrogens with two attached hydrogens (primary N) is 1. The molecule has 0 atom stereocenters. The molecule has 3 N–H and O–H groups in total. The third-order valence-corrected chi connectivity index (χ3v) is 3.99. The van der Waals surface area contributed by atoms with E-state index in [9.17, 15) is 10.0 Å². The molecule has 0 aliphatic rings. The molecular weight excluding hydrogens is 348 g/mol. The molecule has 0 bridgehead atoms. The highest BCUT2D eigenvalue weighted by atomic mass is 16.5. The minimum absolute atomic E-state index is 0.277. The third-order valence-electron chi connectivity index (χ3n) is 3.99. The first-order valence-corrected chi connectivity index (χ1v) is 8.23. The second-order valence-electron chi connectivity index (χ2n) is 5.97. The summed E-state index contributed by atoms with van der Waals surface area (Å²) >= 11 is 0. The van der Waals surface area contributed by atoms with E-state index in [1.54, 1.807) is 25.1 Å². The first kappa shape index (κ1) is 18.4. The van der Waals surface area contributed by atoms with Crippen LogP contribution in [0.2, 0.25) is 0 Å². The average Bonchev–Trinajstić information content (AvgIpc) is 2.64. The van der Waals surface area contributed by atoms with E-state index in [0.29, 0.717) is 23.1 Å². The Kier molecular flexibility index (Phi) is 5.09. The summed E-state index contributed by atoms with van der Waals surface area (Å²) in [7, 11) is 1.48. The molecule has 140 valence electrons. The maximum Gasteiger partial charge on any atom is 0.255 e. The summed E-state index contributed by atoms with van der Waals surface area (Å²) in [5.74, 6) is 0.951. The number of benzene rings is 2. The number of methoxy groups -OCH3 is 1. The highest BCUT2D eigenvalue weighted by molar-refractivity contribution is 5.93. The van der Waals surface area contributed by atoms with Crippen molar-refractivity contribution in [3.05, 3.63) is 47.8 Å². The summed E-state index contributed by atoms with van der Waals surface area (Å²) in [4.78, 5) is 19.8. The van der Waals surface area contributed by atoms with Crippen molar-refractivity contribution in [2.45, 2.75) is 13.8 Å². The van der Waals surface area contributed by atoms with Crippen LogP contribution in [0.15, 0.2) is 36.4 Å². The molecule has 0 aliphatic carbocycles. The normalized spacial score (nSPS) is 10.7. The summed E-state index contributed by atoms with van der Waals surface area (Å²) in [5.41, 5.74) is 7.18. The van der Waals surface area contributed by atoms with E-state index in [1.807, 2.05) is 25.1 Å². The smallest absolute Gasteiger partial charge is 0.255 e. The van der Waals surface area contributed by atoms with Crippen LogP contribution < -0.4 is 20.3 Å². The topological polar surface area (TPSA) is 111 Å². The van der Waals surface area contributed by atoms with Gasteiger partial charge in [0.05, 0.1) is 18.3 Å². The Labute approximate surface area is 156 Å². The molecule has 8 nitrogen and oxygen atoms in total. The number of carbonyl (C=O) groups is 1. The Bertz CT molecular complexity index is 1010. The molecule has 0 aliphatic heterocycles. The number of amides is 1. The maximum atomic E-state index is 11.0. The molecule has 3 aromatic rings. The van der Waals surface area contributed by atoms with Crippen molar-refractivity contribution in [3.63, 3.8) is 0 Å². The van der Waals surface area contributed by atoms with Gasteiger partial charge in [0.15, 0.2) is 23.9 Å². The van der Waals surface area contributed by atoms with Crippen molar-refractivity contribution >= 4 is 28.3 Å². The fourth-order valence-corrected chi connectivity index (χ4v) is 2.78. The predicted molar refractivity (Wildman–Crippen MR) is 101 cm³/mol. The molecule has 0 saturated carbocycles. The summed E-state index contributed by atoms with van der Waals surface area (Å²) < 4.78 is 10.6. The number of fused-ring (bicyclic) bond motifs is 1. The molecule has 0 saturated heterocycles. The molecule has 8 heteroatoms. The number of aromatic nitrogens is 2. The number of hydrogen-bond acceptors (Lipinski definition) is 7. The van der Waals surface area contributed by atoms with E-state index >= 15 is 0 Å². The van der Waals surface area contributed by atoms with Gasteiger partial charge >= 0.3 is 0 Å². The van der Waals surface area contributed by atoms with Gasteiger partial charge < -0.3 is 15.2 Å². The van der Waals surface area contributed by atoms with E-state index in [4.69, 9.17) is 15.2 Å². The van der Waals surface area contributed by atoms with Gasteiger partial charge in [-0.25, -0.2) is 15.0 Å². The highest BCUT2D eigenvalue weighted by Gasteiger charge is 2.17. The lowest BCUT2D eigenvalue weighted by Crippen LogP contribution is -2.20. The summed E-state index contributed by atoms with van der Waals surface area (Å²) in [6.07, 6.45) is 0. The number of ether oxygens (including phenoxy) is 2. The van der Waals surface area contributed by atoms with E-state index < -0.39 is 5.91 Å². The van der Waals surface area contributed by atoms with Crippen LogP contribution in [-0.2, 0) is 4.79 Å². The van der Waals surface area contributed by atoms with Crippen molar-refractivity contribution in [2.75, 3.05) is 18.8 Å². The minimum Gasteiger partial charge on any atom is -0.493 e. The molecule has 27 heavy (non-hydrogen) atoms. The van der Waals surface area contributed by atoms with Crippen LogP contribution in [-0.4, -0.2) is 34.8 Å². The molecule has 0 unspecified atom stereocenters. The van der Waals surface area contributed by atoms with Crippen LogP contribution in [0.4, 0.5) is 11.5 Å². The molecule has 2 aromatic carbocycles. The standard InChI is InChI=1S/C19H20N4O4/c1-11-5-4-6-14-18(11)19(22-12(2)21-14)23(25)13-7-8-15(26-3)16(9-13)27-10-17(20)24/h4-9,25H,10H2,1-3H3,(H2,20,24). The van der Waals surface area contributed by atoms with Crippen LogP contribution in [0.1, 0.15) is 11.4 Å². The van der Waals surface area contributed by atoms with Crippen LogP contribution >= 0.6 is 0 Å². The zero-order valence-electron chi connectivity index (χ0n) is 15.3. The average molecular weight is 368 g/mol. The number of carbonyl (C=O) groups excluding carboxylic acids is 1.